The first-order chi connectivity index (χ1) is 12.4. The number of thioether (sulfide) groups is 1. The lowest BCUT2D eigenvalue weighted by Crippen LogP contribution is -2.14. The van der Waals surface area contributed by atoms with Crippen molar-refractivity contribution in [2.24, 2.45) is 0 Å². The van der Waals surface area contributed by atoms with Crippen LogP contribution in [0.2, 0.25) is 0 Å². The Kier molecular flexibility index (Phi) is 5.78. The van der Waals surface area contributed by atoms with E-state index in [0.29, 0.717) is 5.16 Å². The third-order valence-electron chi connectivity index (χ3n) is 3.90. The molecule has 0 bridgehead atoms. The number of rotatable bonds is 5. The molecule has 2 aromatic carbocycles. The van der Waals surface area contributed by atoms with E-state index in [2.05, 4.69) is 57.4 Å². The largest absolute Gasteiger partial charge is 0.325 e. The molecule has 0 saturated heterocycles. The number of carbonyl (C=O) groups is 1. The lowest BCUT2D eigenvalue weighted by atomic mass is 10.1. The lowest BCUT2D eigenvalue weighted by molar-refractivity contribution is -0.113. The molecule has 0 atom stereocenters. The summed E-state index contributed by atoms with van der Waals surface area (Å²) in [6.07, 6.45) is 1.68. The van der Waals surface area contributed by atoms with Crippen molar-refractivity contribution in [3.8, 4) is 5.69 Å². The maximum absolute atomic E-state index is 12.3. The van der Waals surface area contributed by atoms with E-state index in [1.807, 2.05) is 35.8 Å². The molecule has 1 N–H and O–H groups in total. The Hall–Kier alpha value is -2.12. The summed E-state index contributed by atoms with van der Waals surface area (Å²) in [5.74, 6) is 0.186. The van der Waals surface area contributed by atoms with Crippen molar-refractivity contribution < 1.29 is 4.79 Å². The standard InChI is InChI=1S/C19H19BrN4OS/c1-12-4-7-17(14(3)8-12)24-11-21-23-19(24)26-10-18(25)22-15-5-6-16(20)13(2)9-15/h4-9,11H,10H2,1-3H3,(H,22,25). The molecular weight excluding hydrogens is 412 g/mol. The van der Waals surface area contributed by atoms with Crippen molar-refractivity contribution in [3.05, 3.63) is 63.9 Å². The van der Waals surface area contributed by atoms with Gasteiger partial charge in [0.15, 0.2) is 5.16 Å². The fraction of sp³-hybridized carbons (Fsp3) is 0.211. The maximum Gasteiger partial charge on any atom is 0.234 e. The molecule has 0 aliphatic rings. The summed E-state index contributed by atoms with van der Waals surface area (Å²) >= 11 is 4.82. The number of benzene rings is 2. The minimum atomic E-state index is -0.0769. The van der Waals surface area contributed by atoms with E-state index in [0.717, 1.165) is 27.0 Å². The van der Waals surface area contributed by atoms with Crippen LogP contribution in [-0.4, -0.2) is 26.4 Å². The number of amides is 1. The second kappa shape index (κ2) is 8.05. The van der Waals surface area contributed by atoms with Gasteiger partial charge in [-0.05, 0) is 56.2 Å². The van der Waals surface area contributed by atoms with Crippen LogP contribution in [0, 0.1) is 20.8 Å². The molecule has 0 fully saturated rings. The number of aryl methyl sites for hydroxylation is 3. The van der Waals surface area contributed by atoms with Crippen LogP contribution in [0.3, 0.4) is 0 Å². The SMILES string of the molecule is Cc1ccc(-n2cnnc2SCC(=O)Nc2ccc(Br)c(C)c2)c(C)c1. The van der Waals surface area contributed by atoms with E-state index in [4.69, 9.17) is 0 Å². The van der Waals surface area contributed by atoms with Crippen LogP contribution in [0.25, 0.3) is 5.69 Å². The molecule has 1 aromatic heterocycles. The first-order valence-electron chi connectivity index (χ1n) is 8.10. The molecule has 1 heterocycles. The number of aromatic nitrogens is 3. The molecule has 134 valence electrons. The number of hydrogen-bond donors (Lipinski definition) is 1. The lowest BCUT2D eigenvalue weighted by Gasteiger charge is -2.10. The zero-order valence-electron chi connectivity index (χ0n) is 14.8. The number of nitrogens with one attached hydrogen (secondary N) is 1. The first kappa shape index (κ1) is 18.7. The summed E-state index contributed by atoms with van der Waals surface area (Å²) in [6, 6.07) is 12.0. The number of halogens is 1. The molecule has 0 saturated carbocycles. The number of anilines is 1. The molecule has 26 heavy (non-hydrogen) atoms. The molecule has 3 aromatic rings. The highest BCUT2D eigenvalue weighted by atomic mass is 79.9. The van der Waals surface area contributed by atoms with Crippen molar-refractivity contribution in [2.45, 2.75) is 25.9 Å². The third kappa shape index (κ3) is 4.34. The summed E-state index contributed by atoms with van der Waals surface area (Å²) in [7, 11) is 0. The van der Waals surface area contributed by atoms with E-state index < -0.39 is 0 Å². The Morgan fingerprint density at radius 2 is 1.96 bits per heavy atom. The van der Waals surface area contributed by atoms with Crippen molar-refractivity contribution in [1.29, 1.82) is 0 Å². The average molecular weight is 431 g/mol. The maximum atomic E-state index is 12.3. The second-order valence-electron chi connectivity index (χ2n) is 6.07. The number of hydrogen-bond acceptors (Lipinski definition) is 4. The van der Waals surface area contributed by atoms with Gasteiger partial charge in [0.05, 0.1) is 11.4 Å². The molecule has 7 heteroatoms. The highest BCUT2D eigenvalue weighted by molar-refractivity contribution is 9.10. The van der Waals surface area contributed by atoms with Gasteiger partial charge in [0.1, 0.15) is 6.33 Å². The fourth-order valence-electron chi connectivity index (χ4n) is 2.61. The molecule has 0 unspecified atom stereocenters. The van der Waals surface area contributed by atoms with Crippen LogP contribution in [0.1, 0.15) is 16.7 Å². The molecule has 0 spiro atoms. The van der Waals surface area contributed by atoms with E-state index in [1.54, 1.807) is 6.33 Å². The monoisotopic (exact) mass is 430 g/mol. The number of carbonyl (C=O) groups excluding carboxylic acids is 1. The van der Waals surface area contributed by atoms with Gasteiger partial charge in [-0.2, -0.15) is 0 Å². The normalized spacial score (nSPS) is 10.8. The predicted octanol–water partition coefficient (Wildman–Crippen LogP) is 4.69. The predicted molar refractivity (Wildman–Crippen MR) is 109 cm³/mol. The van der Waals surface area contributed by atoms with Crippen molar-refractivity contribution in [2.75, 3.05) is 11.1 Å². The van der Waals surface area contributed by atoms with E-state index >= 15 is 0 Å². The Morgan fingerprint density at radius 1 is 1.15 bits per heavy atom. The van der Waals surface area contributed by atoms with Crippen molar-refractivity contribution >= 4 is 39.3 Å². The zero-order valence-corrected chi connectivity index (χ0v) is 17.2. The Labute approximate surface area is 165 Å². The van der Waals surface area contributed by atoms with Gasteiger partial charge >= 0.3 is 0 Å². The topological polar surface area (TPSA) is 59.8 Å². The van der Waals surface area contributed by atoms with Gasteiger partial charge in [0.2, 0.25) is 5.91 Å². The summed E-state index contributed by atoms with van der Waals surface area (Å²) in [5.41, 5.74) is 5.23. The van der Waals surface area contributed by atoms with Crippen molar-refractivity contribution in [1.82, 2.24) is 14.8 Å². The van der Waals surface area contributed by atoms with Gasteiger partial charge in [-0.3, -0.25) is 9.36 Å². The molecule has 0 radical (unpaired) electrons. The third-order valence-corrected chi connectivity index (χ3v) is 5.74. The molecule has 3 rings (SSSR count). The van der Waals surface area contributed by atoms with Gasteiger partial charge in [0, 0.05) is 10.2 Å². The molecule has 5 nitrogen and oxygen atoms in total. The summed E-state index contributed by atoms with van der Waals surface area (Å²) < 4.78 is 2.93. The number of nitrogens with zero attached hydrogens (tertiary/aromatic N) is 3. The minimum Gasteiger partial charge on any atom is -0.325 e. The van der Waals surface area contributed by atoms with E-state index in [1.165, 1.54) is 17.3 Å². The van der Waals surface area contributed by atoms with Gasteiger partial charge < -0.3 is 5.32 Å². The van der Waals surface area contributed by atoms with Gasteiger partial charge in [-0.15, -0.1) is 10.2 Å². The Balaban J connectivity index is 1.68. The van der Waals surface area contributed by atoms with Crippen LogP contribution < -0.4 is 5.32 Å². The van der Waals surface area contributed by atoms with Crippen LogP contribution >= 0.6 is 27.7 Å². The van der Waals surface area contributed by atoms with Gasteiger partial charge in [-0.25, -0.2) is 0 Å². The van der Waals surface area contributed by atoms with Crippen LogP contribution in [0.5, 0.6) is 0 Å². The van der Waals surface area contributed by atoms with Gasteiger partial charge in [0.25, 0.3) is 0 Å². The smallest absolute Gasteiger partial charge is 0.234 e. The fourth-order valence-corrected chi connectivity index (χ4v) is 3.58. The average Bonchev–Trinajstić information content (AvgIpc) is 3.05. The van der Waals surface area contributed by atoms with Crippen LogP contribution in [0.15, 0.2) is 52.4 Å². The molecule has 0 aliphatic heterocycles. The van der Waals surface area contributed by atoms with E-state index in [-0.39, 0.29) is 11.7 Å². The van der Waals surface area contributed by atoms with Crippen molar-refractivity contribution in [3.63, 3.8) is 0 Å². The Bertz CT molecular complexity index is 954. The molecule has 1 amide bonds. The highest BCUT2D eigenvalue weighted by Crippen LogP contribution is 2.23. The minimum absolute atomic E-state index is 0.0769. The first-order valence-corrected chi connectivity index (χ1v) is 9.88. The molecule has 0 aliphatic carbocycles. The summed E-state index contributed by atoms with van der Waals surface area (Å²) in [5, 5.41) is 11.8. The summed E-state index contributed by atoms with van der Waals surface area (Å²) in [6.45, 7) is 6.10. The quantitative estimate of drug-likeness (QED) is 0.596. The summed E-state index contributed by atoms with van der Waals surface area (Å²) in [4.78, 5) is 12.3. The van der Waals surface area contributed by atoms with Crippen LogP contribution in [0.4, 0.5) is 5.69 Å². The van der Waals surface area contributed by atoms with Gasteiger partial charge in [-0.1, -0.05) is 45.4 Å². The van der Waals surface area contributed by atoms with E-state index in [9.17, 15) is 4.79 Å². The zero-order chi connectivity index (χ0) is 18.7. The Morgan fingerprint density at radius 3 is 2.69 bits per heavy atom. The highest BCUT2D eigenvalue weighted by Gasteiger charge is 2.12. The second-order valence-corrected chi connectivity index (χ2v) is 7.87. The molecular formula is C19H19BrN4OS. The van der Waals surface area contributed by atoms with Crippen LogP contribution in [-0.2, 0) is 4.79 Å².